The van der Waals surface area contributed by atoms with E-state index in [0.717, 1.165) is 32.0 Å². The van der Waals surface area contributed by atoms with E-state index < -0.39 is 0 Å². The topological polar surface area (TPSA) is 32.8 Å². The minimum atomic E-state index is -0.0534. The fourth-order valence-electron chi connectivity index (χ4n) is 4.15. The monoisotopic (exact) mass is 330 g/mol. The Morgan fingerprint density at radius 2 is 1.79 bits per heavy atom. The number of piperidine rings is 1. The van der Waals surface area contributed by atoms with E-state index in [1.54, 1.807) is 0 Å². The van der Waals surface area contributed by atoms with Gasteiger partial charge in [-0.1, -0.05) is 18.2 Å². The molecule has 24 heavy (non-hydrogen) atoms. The summed E-state index contributed by atoms with van der Waals surface area (Å²) in [4.78, 5) is 17.3. The van der Waals surface area contributed by atoms with Gasteiger partial charge in [0.25, 0.3) is 0 Å². The number of likely N-dealkylation sites (tertiary alicyclic amines) is 1. The number of likely N-dealkylation sites (N-methyl/N-ethyl adjacent to an activating group) is 1. The number of rotatable bonds is 4. The van der Waals surface area contributed by atoms with Crippen LogP contribution in [0.4, 0.5) is 5.69 Å². The van der Waals surface area contributed by atoms with Crippen molar-refractivity contribution in [3.8, 4) is 0 Å². The number of carbonyl (C=O) groups is 1. The number of carbonyl (C=O) groups excluding carboxylic acids is 1. The van der Waals surface area contributed by atoms with Crippen LogP contribution in [0.3, 0.4) is 0 Å². The lowest BCUT2D eigenvalue weighted by molar-refractivity contribution is -0.124. The lowest BCUT2D eigenvalue weighted by atomic mass is 9.72. The third-order valence-corrected chi connectivity index (χ3v) is 5.97. The molecule has 0 aliphatic carbocycles. The first-order chi connectivity index (χ1) is 11.7. The van der Waals surface area contributed by atoms with Crippen LogP contribution in [0.1, 0.15) is 39.5 Å². The Kier molecular flexibility index (Phi) is 5.57. The van der Waals surface area contributed by atoms with Gasteiger partial charge in [-0.3, -0.25) is 9.69 Å². The number of para-hydroxylation sites is 1. The number of anilines is 1. The summed E-state index contributed by atoms with van der Waals surface area (Å²) in [6.45, 7) is 8.69. The van der Waals surface area contributed by atoms with Crippen LogP contribution in [0.25, 0.3) is 0 Å². The van der Waals surface area contributed by atoms with Gasteiger partial charge in [0, 0.05) is 25.4 Å². The average Bonchev–Trinajstić information content (AvgIpc) is 2.64. The summed E-state index contributed by atoms with van der Waals surface area (Å²) in [5.41, 5.74) is 1.47. The molecule has 0 radical (unpaired) electrons. The van der Waals surface area contributed by atoms with Gasteiger partial charge in [-0.05, 0) is 70.2 Å². The first-order valence-corrected chi connectivity index (χ1v) is 9.33. The number of hydrogen-bond donors (Lipinski definition) is 0. The third kappa shape index (κ3) is 3.65. The number of amides is 1. The van der Waals surface area contributed by atoms with Crippen LogP contribution in [0, 0.1) is 5.41 Å². The van der Waals surface area contributed by atoms with E-state index in [0.29, 0.717) is 12.0 Å². The van der Waals surface area contributed by atoms with E-state index in [4.69, 9.17) is 4.74 Å². The second kappa shape index (κ2) is 7.66. The standard InChI is InChI=1S/C20H30N2O2/c1-3-22(18-7-5-4-6-8-18)19(23)17(2)21-13-9-20(10-14-21)11-15-24-16-12-20/h4-8,17H,3,9-16H2,1-2H3. The molecule has 1 amide bonds. The third-order valence-electron chi connectivity index (χ3n) is 5.97. The molecule has 2 fully saturated rings. The Morgan fingerprint density at radius 1 is 1.17 bits per heavy atom. The van der Waals surface area contributed by atoms with E-state index in [1.165, 1.54) is 25.7 Å². The van der Waals surface area contributed by atoms with Gasteiger partial charge >= 0.3 is 0 Å². The quantitative estimate of drug-likeness (QED) is 0.849. The van der Waals surface area contributed by atoms with E-state index >= 15 is 0 Å². The highest BCUT2D eigenvalue weighted by molar-refractivity contribution is 5.96. The van der Waals surface area contributed by atoms with Gasteiger partial charge in [0.1, 0.15) is 0 Å². The van der Waals surface area contributed by atoms with Crippen molar-refractivity contribution in [2.24, 2.45) is 5.41 Å². The molecule has 0 aromatic heterocycles. The molecule has 1 aromatic carbocycles. The van der Waals surface area contributed by atoms with Crippen LogP contribution in [0.2, 0.25) is 0 Å². The van der Waals surface area contributed by atoms with Crippen molar-refractivity contribution in [1.29, 1.82) is 0 Å². The molecule has 0 saturated carbocycles. The lowest BCUT2D eigenvalue weighted by Gasteiger charge is -2.45. The van der Waals surface area contributed by atoms with Crippen molar-refractivity contribution in [2.75, 3.05) is 37.7 Å². The molecular formula is C20H30N2O2. The van der Waals surface area contributed by atoms with Gasteiger partial charge < -0.3 is 9.64 Å². The zero-order valence-electron chi connectivity index (χ0n) is 15.0. The minimum absolute atomic E-state index is 0.0534. The zero-order valence-corrected chi connectivity index (χ0v) is 15.0. The average molecular weight is 330 g/mol. The molecule has 0 N–H and O–H groups in total. The highest BCUT2D eigenvalue weighted by Crippen LogP contribution is 2.41. The van der Waals surface area contributed by atoms with Crippen molar-refractivity contribution >= 4 is 11.6 Å². The van der Waals surface area contributed by atoms with Crippen molar-refractivity contribution in [1.82, 2.24) is 4.90 Å². The van der Waals surface area contributed by atoms with Gasteiger partial charge in [0.2, 0.25) is 5.91 Å². The predicted molar refractivity (Wildman–Crippen MR) is 97.2 cm³/mol. The Bertz CT molecular complexity index is 530. The largest absolute Gasteiger partial charge is 0.381 e. The first-order valence-electron chi connectivity index (χ1n) is 9.33. The molecule has 2 heterocycles. The summed E-state index contributed by atoms with van der Waals surface area (Å²) in [5.74, 6) is 0.214. The Labute approximate surface area is 145 Å². The summed E-state index contributed by atoms with van der Waals surface area (Å²) in [7, 11) is 0. The van der Waals surface area contributed by atoms with Crippen molar-refractivity contribution in [3.05, 3.63) is 30.3 Å². The van der Waals surface area contributed by atoms with Crippen molar-refractivity contribution < 1.29 is 9.53 Å². The van der Waals surface area contributed by atoms with E-state index in [1.807, 2.05) is 42.2 Å². The van der Waals surface area contributed by atoms with E-state index in [-0.39, 0.29) is 11.9 Å². The minimum Gasteiger partial charge on any atom is -0.381 e. The molecule has 1 atom stereocenters. The maximum Gasteiger partial charge on any atom is 0.244 e. The molecular weight excluding hydrogens is 300 g/mol. The highest BCUT2D eigenvalue weighted by atomic mass is 16.5. The number of nitrogens with zero attached hydrogens (tertiary/aromatic N) is 2. The second-order valence-corrected chi connectivity index (χ2v) is 7.24. The van der Waals surface area contributed by atoms with Crippen molar-refractivity contribution in [3.63, 3.8) is 0 Å². The number of benzene rings is 1. The Morgan fingerprint density at radius 3 is 2.38 bits per heavy atom. The normalized spacial score (nSPS) is 22.2. The SMILES string of the molecule is CCN(C(=O)C(C)N1CCC2(CCOCC2)CC1)c1ccccc1. The fraction of sp³-hybridized carbons (Fsp3) is 0.650. The molecule has 2 aliphatic rings. The van der Waals surface area contributed by atoms with Crippen LogP contribution >= 0.6 is 0 Å². The van der Waals surface area contributed by atoms with Crippen LogP contribution in [-0.4, -0.2) is 49.7 Å². The van der Waals surface area contributed by atoms with Gasteiger partial charge in [-0.2, -0.15) is 0 Å². The molecule has 2 aliphatic heterocycles. The zero-order chi connectivity index (χ0) is 17.0. The molecule has 2 saturated heterocycles. The van der Waals surface area contributed by atoms with Crippen LogP contribution in [0.15, 0.2) is 30.3 Å². The first kappa shape index (κ1) is 17.4. The van der Waals surface area contributed by atoms with Gasteiger partial charge in [0.05, 0.1) is 6.04 Å². The Balaban J connectivity index is 1.61. The van der Waals surface area contributed by atoms with E-state index in [2.05, 4.69) is 11.8 Å². The maximum absolute atomic E-state index is 13.0. The lowest BCUT2D eigenvalue weighted by Crippen LogP contribution is -2.52. The van der Waals surface area contributed by atoms with Crippen LogP contribution in [0.5, 0.6) is 0 Å². The van der Waals surface area contributed by atoms with Crippen LogP contribution in [-0.2, 0) is 9.53 Å². The highest BCUT2D eigenvalue weighted by Gasteiger charge is 2.38. The number of hydrogen-bond acceptors (Lipinski definition) is 3. The van der Waals surface area contributed by atoms with Crippen molar-refractivity contribution in [2.45, 2.75) is 45.6 Å². The number of ether oxygens (including phenoxy) is 1. The summed E-state index contributed by atoms with van der Waals surface area (Å²) >= 11 is 0. The molecule has 3 rings (SSSR count). The molecule has 1 aromatic rings. The van der Waals surface area contributed by atoms with Gasteiger partial charge in [0.15, 0.2) is 0 Å². The van der Waals surface area contributed by atoms with Crippen LogP contribution < -0.4 is 4.90 Å². The predicted octanol–water partition coefficient (Wildman–Crippen LogP) is 3.32. The van der Waals surface area contributed by atoms with Gasteiger partial charge in [-0.25, -0.2) is 0 Å². The van der Waals surface area contributed by atoms with Gasteiger partial charge in [-0.15, -0.1) is 0 Å². The fourth-order valence-corrected chi connectivity index (χ4v) is 4.15. The second-order valence-electron chi connectivity index (χ2n) is 7.24. The summed E-state index contributed by atoms with van der Waals surface area (Å²) in [6.07, 6.45) is 4.78. The summed E-state index contributed by atoms with van der Waals surface area (Å²) in [5, 5.41) is 0. The molecule has 4 nitrogen and oxygen atoms in total. The summed E-state index contributed by atoms with van der Waals surface area (Å²) < 4.78 is 5.53. The summed E-state index contributed by atoms with van der Waals surface area (Å²) in [6, 6.07) is 9.95. The maximum atomic E-state index is 13.0. The molecule has 0 bridgehead atoms. The van der Waals surface area contributed by atoms with E-state index in [9.17, 15) is 4.79 Å². The molecule has 4 heteroatoms. The molecule has 132 valence electrons. The molecule has 1 spiro atoms. The Hall–Kier alpha value is -1.39. The molecule has 1 unspecified atom stereocenters. The smallest absolute Gasteiger partial charge is 0.244 e.